The van der Waals surface area contributed by atoms with E-state index in [0.717, 1.165) is 0 Å². The second-order valence-corrected chi connectivity index (χ2v) is 9.79. The van der Waals surface area contributed by atoms with Gasteiger partial charge >= 0.3 is 0 Å². The summed E-state index contributed by atoms with van der Waals surface area (Å²) in [6, 6.07) is 6.00. The lowest BCUT2D eigenvalue weighted by Crippen LogP contribution is -2.63. The normalized spacial score (nSPS) is 18.6. The third-order valence-corrected chi connectivity index (χ3v) is 7.23. The number of anilines is 2. The molecule has 0 spiro atoms. The number of nitrogen functional groups attached to an aromatic ring is 1. The van der Waals surface area contributed by atoms with Gasteiger partial charge in [0.2, 0.25) is 0 Å². The van der Waals surface area contributed by atoms with Gasteiger partial charge in [-0.2, -0.15) is 0 Å². The van der Waals surface area contributed by atoms with Gasteiger partial charge in [0, 0.05) is 24.2 Å². The first-order valence-corrected chi connectivity index (χ1v) is 12.5. The maximum Gasteiger partial charge on any atom is 0.265 e. The van der Waals surface area contributed by atoms with Gasteiger partial charge in [-0.25, -0.2) is 32.5 Å². The molecule has 2 atom stereocenters. The number of benzene rings is 1. The highest BCUT2D eigenvalue weighted by atomic mass is 19.3. The van der Waals surface area contributed by atoms with Crippen molar-refractivity contribution >= 4 is 22.7 Å². The van der Waals surface area contributed by atoms with Crippen molar-refractivity contribution in [2.24, 2.45) is 5.73 Å². The fourth-order valence-corrected chi connectivity index (χ4v) is 5.14. The second-order valence-electron chi connectivity index (χ2n) is 9.79. The summed E-state index contributed by atoms with van der Waals surface area (Å²) in [5.74, 6) is 0.479. The lowest BCUT2D eigenvalue weighted by atomic mass is 9.84. The Bertz CT molecular complexity index is 1520. The minimum atomic E-state index is -3.00. The average molecular weight is 561 g/mol. The third kappa shape index (κ3) is 5.11. The predicted octanol–water partition coefficient (Wildman–Crippen LogP) is 3.39. The Morgan fingerprint density at radius 2 is 1.93 bits per heavy atom. The molecule has 5 rings (SSSR count). The molecule has 1 aliphatic heterocycles. The number of fused-ring (bicyclic) bond motifs is 1. The van der Waals surface area contributed by atoms with E-state index < -0.39 is 24.5 Å². The Kier molecular flexibility index (Phi) is 7.47. The van der Waals surface area contributed by atoms with Gasteiger partial charge in [0.05, 0.1) is 43.1 Å². The Hall–Kier alpha value is -4.04. The summed E-state index contributed by atoms with van der Waals surface area (Å²) in [4.78, 5) is 18.8. The van der Waals surface area contributed by atoms with E-state index in [1.54, 1.807) is 21.6 Å². The number of piperidine rings is 1. The van der Waals surface area contributed by atoms with Gasteiger partial charge in [-0.3, -0.25) is 4.98 Å². The van der Waals surface area contributed by atoms with Gasteiger partial charge < -0.3 is 30.8 Å². The molecule has 4 aromatic rings. The smallest absolute Gasteiger partial charge is 0.265 e. The molecule has 1 aliphatic rings. The Labute approximate surface area is 226 Å². The van der Waals surface area contributed by atoms with Gasteiger partial charge in [-0.1, -0.05) is 0 Å². The van der Waals surface area contributed by atoms with Crippen molar-refractivity contribution in [2.45, 2.75) is 43.9 Å². The van der Waals surface area contributed by atoms with Crippen molar-refractivity contribution in [2.75, 3.05) is 30.8 Å². The molecule has 1 fully saturated rings. The second kappa shape index (κ2) is 10.8. The standard InChI is InChI=1S/C26H28F4N8O2/c1-40-15-3-4-16(17(8-15)22(27)28)18-7-14(10-38-13-36-20-24(31)34-12-35-25(20)38)19(9-33-18)37-6-2-5-26(32,11-37)21(39)23(29)30/h3-4,7-9,12-13,21-23,39H,2,5-6,10-11,32H2,1H3,(H2,31,34,35)/t21-,26?/m0/s1. The average Bonchev–Trinajstić information content (AvgIpc) is 3.36. The highest BCUT2D eigenvalue weighted by Crippen LogP contribution is 2.37. The SMILES string of the molecule is COc1ccc(-c2cc(Cn3cnc4c(N)ncnc43)c(N3CCCC(N)([C@@H](O)C(F)F)C3)cn2)c(C(F)F)c1. The number of aromatic nitrogens is 5. The van der Waals surface area contributed by atoms with Gasteiger partial charge in [0.1, 0.15) is 23.7 Å². The number of imidazole rings is 1. The molecule has 0 amide bonds. The van der Waals surface area contributed by atoms with Crippen molar-refractivity contribution in [3.05, 3.63) is 54.2 Å². The van der Waals surface area contributed by atoms with Crippen LogP contribution in [0.15, 0.2) is 43.1 Å². The summed E-state index contributed by atoms with van der Waals surface area (Å²) in [6.45, 7) is 0.578. The fraction of sp³-hybridized carbons (Fsp3) is 0.385. The number of nitrogens with zero attached hydrogens (tertiary/aromatic N) is 6. The number of aliphatic hydroxyl groups is 1. The van der Waals surface area contributed by atoms with E-state index in [9.17, 15) is 22.7 Å². The zero-order chi connectivity index (χ0) is 28.6. The Morgan fingerprint density at radius 3 is 2.65 bits per heavy atom. The molecule has 1 unspecified atom stereocenters. The van der Waals surface area contributed by atoms with Crippen LogP contribution >= 0.6 is 0 Å². The molecule has 0 radical (unpaired) electrons. The first-order valence-electron chi connectivity index (χ1n) is 12.5. The molecule has 212 valence electrons. The summed E-state index contributed by atoms with van der Waals surface area (Å²) in [5, 5.41) is 10.2. The number of aliphatic hydroxyl groups excluding tert-OH is 1. The van der Waals surface area contributed by atoms with Crippen molar-refractivity contribution in [1.29, 1.82) is 0 Å². The summed E-state index contributed by atoms with van der Waals surface area (Å²) >= 11 is 0. The van der Waals surface area contributed by atoms with E-state index >= 15 is 0 Å². The van der Waals surface area contributed by atoms with Crippen molar-refractivity contribution in [3.8, 4) is 17.0 Å². The van der Waals surface area contributed by atoms with Crippen molar-refractivity contribution in [1.82, 2.24) is 24.5 Å². The van der Waals surface area contributed by atoms with Gasteiger partial charge in [0.15, 0.2) is 11.5 Å². The predicted molar refractivity (Wildman–Crippen MR) is 140 cm³/mol. The molecule has 1 aromatic carbocycles. The molecule has 0 saturated carbocycles. The topological polar surface area (TPSA) is 141 Å². The van der Waals surface area contributed by atoms with Gasteiger partial charge in [-0.05, 0) is 42.7 Å². The molecule has 4 heterocycles. The number of rotatable bonds is 8. The van der Waals surface area contributed by atoms with E-state index in [0.29, 0.717) is 35.4 Å². The van der Waals surface area contributed by atoms with Crippen LogP contribution in [0.2, 0.25) is 0 Å². The van der Waals surface area contributed by atoms with Crippen LogP contribution in [0.5, 0.6) is 5.75 Å². The molecular formula is C26H28F4N8O2. The molecule has 3 aromatic heterocycles. The lowest BCUT2D eigenvalue weighted by Gasteiger charge is -2.44. The van der Waals surface area contributed by atoms with E-state index in [4.69, 9.17) is 16.2 Å². The van der Waals surface area contributed by atoms with E-state index in [-0.39, 0.29) is 47.9 Å². The quantitative estimate of drug-likeness (QED) is 0.277. The Balaban J connectivity index is 1.61. The molecule has 40 heavy (non-hydrogen) atoms. The van der Waals surface area contributed by atoms with E-state index in [1.165, 1.54) is 38.1 Å². The molecule has 10 nitrogen and oxygen atoms in total. The summed E-state index contributed by atoms with van der Waals surface area (Å²) in [6.07, 6.45) is -2.81. The Morgan fingerprint density at radius 1 is 1.12 bits per heavy atom. The van der Waals surface area contributed by atoms with Crippen LogP contribution in [0.3, 0.4) is 0 Å². The highest BCUT2D eigenvalue weighted by Gasteiger charge is 2.43. The minimum absolute atomic E-state index is 0.0584. The number of halogens is 4. The molecular weight excluding hydrogens is 532 g/mol. The summed E-state index contributed by atoms with van der Waals surface area (Å²) in [7, 11) is 1.39. The number of pyridine rings is 1. The first-order chi connectivity index (χ1) is 19.1. The maximum atomic E-state index is 14.0. The van der Waals surface area contributed by atoms with Crippen molar-refractivity contribution < 1.29 is 27.4 Å². The van der Waals surface area contributed by atoms with E-state index in [2.05, 4.69) is 19.9 Å². The van der Waals surface area contributed by atoms with Crippen LogP contribution in [0, 0.1) is 0 Å². The summed E-state index contributed by atoms with van der Waals surface area (Å²) in [5.41, 5.74) is 12.9. The van der Waals surface area contributed by atoms with Crippen molar-refractivity contribution in [3.63, 3.8) is 0 Å². The van der Waals surface area contributed by atoms with Crippen LogP contribution < -0.4 is 21.1 Å². The zero-order valence-electron chi connectivity index (χ0n) is 21.5. The van der Waals surface area contributed by atoms with Crippen LogP contribution in [0.1, 0.15) is 30.4 Å². The van der Waals surface area contributed by atoms with Gasteiger partial charge in [-0.15, -0.1) is 0 Å². The maximum absolute atomic E-state index is 14.0. The van der Waals surface area contributed by atoms with Crippen LogP contribution in [-0.2, 0) is 6.54 Å². The number of ether oxygens (including phenoxy) is 1. The summed E-state index contributed by atoms with van der Waals surface area (Å²) < 4.78 is 61.7. The van der Waals surface area contributed by atoms with Crippen LogP contribution in [0.25, 0.3) is 22.4 Å². The first kappa shape index (κ1) is 27.5. The zero-order valence-corrected chi connectivity index (χ0v) is 21.5. The van der Waals surface area contributed by atoms with E-state index in [1.807, 2.05) is 0 Å². The molecule has 1 saturated heterocycles. The number of alkyl halides is 4. The monoisotopic (exact) mass is 560 g/mol. The number of nitrogens with two attached hydrogens (primary N) is 2. The third-order valence-electron chi connectivity index (χ3n) is 7.23. The number of methoxy groups -OCH3 is 1. The minimum Gasteiger partial charge on any atom is -0.497 e. The molecule has 5 N–H and O–H groups in total. The number of hydrogen-bond donors (Lipinski definition) is 3. The largest absolute Gasteiger partial charge is 0.497 e. The fourth-order valence-electron chi connectivity index (χ4n) is 5.14. The highest BCUT2D eigenvalue weighted by molar-refractivity contribution is 5.81. The lowest BCUT2D eigenvalue weighted by molar-refractivity contribution is -0.0529. The molecule has 0 aliphatic carbocycles. The van der Waals surface area contributed by atoms with Crippen LogP contribution in [0.4, 0.5) is 29.1 Å². The molecule has 14 heteroatoms. The number of hydrogen-bond acceptors (Lipinski definition) is 9. The van der Waals surface area contributed by atoms with Crippen LogP contribution in [-0.4, -0.2) is 67.9 Å². The molecule has 0 bridgehead atoms. The van der Waals surface area contributed by atoms with Gasteiger partial charge in [0.25, 0.3) is 12.9 Å².